The van der Waals surface area contributed by atoms with E-state index in [4.69, 9.17) is 10.00 Å². The van der Waals surface area contributed by atoms with Crippen LogP contribution in [0.15, 0.2) is 46.7 Å². The molecule has 1 aliphatic heterocycles. The molecular weight excluding hydrogens is 366 g/mol. The average molecular weight is 388 g/mol. The zero-order chi connectivity index (χ0) is 18.2. The lowest BCUT2D eigenvalue weighted by atomic mass is 10.1. The molecule has 2 aromatic rings. The molecule has 5 nitrogen and oxygen atoms in total. The molecule has 1 saturated heterocycles. The number of thioether (sulfide) groups is 1. The minimum Gasteiger partial charge on any atom is -0.379 e. The standard InChI is InChI=1S/C19H21N3O2S2/c20-7-13-26-17-5-2-1-4-15(17)19(23)21-14-16(18-6-3-12-25-18)22-8-10-24-11-9-22/h1-6,12,16H,8-11,13-14H2,(H,21,23). The van der Waals surface area contributed by atoms with Crippen molar-refractivity contribution in [3.8, 4) is 6.07 Å². The number of thiophene rings is 1. The van der Waals surface area contributed by atoms with E-state index in [1.54, 1.807) is 11.3 Å². The number of hydrogen-bond acceptors (Lipinski definition) is 6. The van der Waals surface area contributed by atoms with Crippen LogP contribution in [0.2, 0.25) is 0 Å². The summed E-state index contributed by atoms with van der Waals surface area (Å²) in [6.45, 7) is 3.74. The van der Waals surface area contributed by atoms with E-state index < -0.39 is 0 Å². The molecule has 0 bridgehead atoms. The van der Waals surface area contributed by atoms with Gasteiger partial charge in [-0.1, -0.05) is 18.2 Å². The molecule has 1 aliphatic rings. The Morgan fingerprint density at radius 3 is 2.85 bits per heavy atom. The van der Waals surface area contributed by atoms with E-state index in [0.29, 0.717) is 17.9 Å². The lowest BCUT2D eigenvalue weighted by Gasteiger charge is -2.34. The number of nitrogens with one attached hydrogen (secondary N) is 1. The van der Waals surface area contributed by atoms with Gasteiger partial charge in [-0.3, -0.25) is 9.69 Å². The van der Waals surface area contributed by atoms with Gasteiger partial charge in [0, 0.05) is 29.4 Å². The zero-order valence-corrected chi connectivity index (χ0v) is 16.0. The Morgan fingerprint density at radius 2 is 2.12 bits per heavy atom. The summed E-state index contributed by atoms with van der Waals surface area (Å²) < 4.78 is 5.46. The van der Waals surface area contributed by atoms with Gasteiger partial charge in [-0.25, -0.2) is 0 Å². The molecular formula is C19H21N3O2S2. The van der Waals surface area contributed by atoms with E-state index in [9.17, 15) is 4.79 Å². The summed E-state index contributed by atoms with van der Waals surface area (Å²) in [5.41, 5.74) is 0.625. The number of carbonyl (C=O) groups is 1. The van der Waals surface area contributed by atoms with Crippen LogP contribution >= 0.6 is 23.1 Å². The molecule has 1 unspecified atom stereocenters. The van der Waals surface area contributed by atoms with Crippen LogP contribution in [0.1, 0.15) is 21.3 Å². The van der Waals surface area contributed by atoms with Gasteiger partial charge in [-0.15, -0.1) is 23.1 Å². The Morgan fingerprint density at radius 1 is 1.31 bits per heavy atom. The quantitative estimate of drug-likeness (QED) is 0.739. The highest BCUT2D eigenvalue weighted by Crippen LogP contribution is 2.26. The summed E-state index contributed by atoms with van der Waals surface area (Å²) in [4.78, 5) is 17.2. The van der Waals surface area contributed by atoms with Gasteiger partial charge in [0.15, 0.2) is 0 Å². The molecule has 7 heteroatoms. The number of morpholine rings is 1. The van der Waals surface area contributed by atoms with Crippen LogP contribution < -0.4 is 5.32 Å². The average Bonchev–Trinajstić information content (AvgIpc) is 3.22. The fourth-order valence-electron chi connectivity index (χ4n) is 2.95. The van der Waals surface area contributed by atoms with Crippen molar-refractivity contribution in [2.45, 2.75) is 10.9 Å². The second-order valence-corrected chi connectivity index (χ2v) is 7.83. The first-order valence-electron chi connectivity index (χ1n) is 8.52. The molecule has 0 spiro atoms. The van der Waals surface area contributed by atoms with E-state index in [2.05, 4.69) is 27.7 Å². The van der Waals surface area contributed by atoms with Gasteiger partial charge in [0.1, 0.15) is 0 Å². The lowest BCUT2D eigenvalue weighted by Crippen LogP contribution is -2.43. The van der Waals surface area contributed by atoms with Gasteiger partial charge in [0.05, 0.1) is 36.6 Å². The second-order valence-electron chi connectivity index (χ2n) is 5.83. The molecule has 0 aliphatic carbocycles. The first-order valence-corrected chi connectivity index (χ1v) is 10.4. The van der Waals surface area contributed by atoms with Crippen LogP contribution in [0.4, 0.5) is 0 Å². The van der Waals surface area contributed by atoms with Crippen molar-refractivity contribution in [2.75, 3.05) is 38.6 Å². The smallest absolute Gasteiger partial charge is 0.252 e. The molecule has 1 aromatic carbocycles. The van der Waals surface area contributed by atoms with Gasteiger partial charge in [-0.2, -0.15) is 5.26 Å². The Bertz CT molecular complexity index is 752. The first-order chi connectivity index (χ1) is 12.8. The van der Waals surface area contributed by atoms with Crippen molar-refractivity contribution in [1.82, 2.24) is 10.2 Å². The monoisotopic (exact) mass is 387 g/mol. The maximum absolute atomic E-state index is 12.7. The van der Waals surface area contributed by atoms with Crippen molar-refractivity contribution in [3.63, 3.8) is 0 Å². The van der Waals surface area contributed by atoms with E-state index >= 15 is 0 Å². The topological polar surface area (TPSA) is 65.4 Å². The van der Waals surface area contributed by atoms with Crippen LogP contribution in [-0.2, 0) is 4.74 Å². The summed E-state index contributed by atoms with van der Waals surface area (Å²) in [6.07, 6.45) is 0. The zero-order valence-electron chi connectivity index (χ0n) is 14.4. The van der Waals surface area contributed by atoms with E-state index in [0.717, 1.165) is 31.2 Å². The third-order valence-corrected chi connectivity index (χ3v) is 6.15. The van der Waals surface area contributed by atoms with Gasteiger partial charge in [-0.05, 0) is 23.6 Å². The fraction of sp³-hybridized carbons (Fsp3) is 0.368. The number of carbonyl (C=O) groups excluding carboxylic acids is 1. The number of nitrogens with zero attached hydrogens (tertiary/aromatic N) is 2. The lowest BCUT2D eigenvalue weighted by molar-refractivity contribution is 0.0169. The van der Waals surface area contributed by atoms with E-state index in [-0.39, 0.29) is 11.9 Å². The molecule has 1 aromatic heterocycles. The number of hydrogen-bond donors (Lipinski definition) is 1. The van der Waals surface area contributed by atoms with Crippen molar-refractivity contribution in [1.29, 1.82) is 5.26 Å². The second kappa shape index (κ2) is 9.74. The maximum atomic E-state index is 12.7. The molecule has 2 heterocycles. The molecule has 1 fully saturated rings. The molecule has 1 amide bonds. The molecule has 3 rings (SSSR count). The van der Waals surface area contributed by atoms with Gasteiger partial charge in [0.25, 0.3) is 5.91 Å². The van der Waals surface area contributed by atoms with Crippen LogP contribution in [0, 0.1) is 11.3 Å². The molecule has 0 radical (unpaired) electrons. The van der Waals surface area contributed by atoms with E-state index in [1.165, 1.54) is 16.6 Å². The number of nitriles is 1. The highest BCUT2D eigenvalue weighted by molar-refractivity contribution is 7.99. The number of ether oxygens (including phenoxy) is 1. The minimum atomic E-state index is -0.0964. The molecule has 136 valence electrons. The largest absolute Gasteiger partial charge is 0.379 e. The van der Waals surface area contributed by atoms with Crippen molar-refractivity contribution in [2.24, 2.45) is 0 Å². The van der Waals surface area contributed by atoms with Crippen LogP contribution in [0.5, 0.6) is 0 Å². The van der Waals surface area contributed by atoms with Crippen molar-refractivity contribution < 1.29 is 9.53 Å². The van der Waals surface area contributed by atoms with Crippen LogP contribution in [-0.4, -0.2) is 49.4 Å². The third kappa shape index (κ3) is 4.86. The Balaban J connectivity index is 1.69. The molecule has 26 heavy (non-hydrogen) atoms. The van der Waals surface area contributed by atoms with E-state index in [1.807, 2.05) is 30.3 Å². The number of benzene rings is 1. The third-order valence-electron chi connectivity index (χ3n) is 4.24. The predicted molar refractivity (Wildman–Crippen MR) is 105 cm³/mol. The fourth-order valence-corrected chi connectivity index (χ4v) is 4.53. The SMILES string of the molecule is N#CCSc1ccccc1C(=O)NCC(c1cccs1)N1CCOCC1. The van der Waals surface area contributed by atoms with Gasteiger partial charge >= 0.3 is 0 Å². The van der Waals surface area contributed by atoms with Crippen molar-refractivity contribution >= 4 is 29.0 Å². The Labute approximate surface area is 162 Å². The first kappa shape index (κ1) is 18.9. The summed E-state index contributed by atoms with van der Waals surface area (Å²) in [5.74, 6) is 0.233. The van der Waals surface area contributed by atoms with Gasteiger partial charge in [0.2, 0.25) is 0 Å². The predicted octanol–water partition coefficient (Wildman–Crippen LogP) is 3.17. The highest BCUT2D eigenvalue weighted by atomic mass is 32.2. The minimum absolute atomic E-state index is 0.0964. The number of rotatable bonds is 7. The summed E-state index contributed by atoms with van der Waals surface area (Å²) in [5, 5.41) is 14.0. The maximum Gasteiger partial charge on any atom is 0.252 e. The summed E-state index contributed by atoms with van der Waals surface area (Å²) in [7, 11) is 0. The Hall–Kier alpha value is -1.85. The van der Waals surface area contributed by atoms with Crippen molar-refractivity contribution in [3.05, 3.63) is 52.2 Å². The molecule has 1 N–H and O–H groups in total. The normalized spacial score (nSPS) is 16.0. The molecule has 0 saturated carbocycles. The number of amides is 1. The van der Waals surface area contributed by atoms with Crippen LogP contribution in [0.25, 0.3) is 0 Å². The molecule has 1 atom stereocenters. The Kier molecular flexibility index (Phi) is 7.09. The van der Waals surface area contributed by atoms with Crippen LogP contribution in [0.3, 0.4) is 0 Å². The summed E-state index contributed by atoms with van der Waals surface area (Å²) in [6, 6.07) is 13.9. The summed E-state index contributed by atoms with van der Waals surface area (Å²) >= 11 is 3.10. The highest BCUT2D eigenvalue weighted by Gasteiger charge is 2.24. The van der Waals surface area contributed by atoms with Gasteiger partial charge < -0.3 is 10.1 Å².